The van der Waals surface area contributed by atoms with Gasteiger partial charge >= 0.3 is 0 Å². The third kappa shape index (κ3) is 2.93. The summed E-state index contributed by atoms with van der Waals surface area (Å²) in [6.07, 6.45) is -0.780. The van der Waals surface area contributed by atoms with Gasteiger partial charge in [-0.15, -0.1) is 0 Å². The van der Waals surface area contributed by atoms with Gasteiger partial charge in [-0.1, -0.05) is 35.9 Å². The zero-order valence-corrected chi connectivity index (χ0v) is 12.2. The Hall–Kier alpha value is -2.26. The van der Waals surface area contributed by atoms with Crippen molar-refractivity contribution in [2.24, 2.45) is 0 Å². The lowest BCUT2D eigenvalue weighted by Crippen LogP contribution is -2.09. The first-order valence-corrected chi connectivity index (χ1v) is 7.00. The number of furan rings is 1. The van der Waals surface area contributed by atoms with Crippen LogP contribution in [0, 0.1) is 13.8 Å². The number of hydrogen-bond acceptors (Lipinski definition) is 3. The molecule has 0 aliphatic heterocycles. The fraction of sp³-hybridized carbons (Fsp3) is 0.222. The molecule has 2 aromatic carbocycles. The van der Waals surface area contributed by atoms with Gasteiger partial charge in [-0.25, -0.2) is 0 Å². The SMILES string of the molecule is Cc1ccc(OCC(O)c2cc3ccccc3o2)c(C)c1. The Morgan fingerprint density at radius 3 is 2.67 bits per heavy atom. The first-order valence-electron chi connectivity index (χ1n) is 7.00. The molecule has 21 heavy (non-hydrogen) atoms. The van der Waals surface area contributed by atoms with E-state index in [0.29, 0.717) is 5.76 Å². The minimum absolute atomic E-state index is 0.170. The van der Waals surface area contributed by atoms with E-state index in [1.54, 1.807) is 0 Å². The third-order valence-electron chi connectivity index (χ3n) is 3.50. The minimum Gasteiger partial charge on any atom is -0.490 e. The van der Waals surface area contributed by atoms with Crippen LogP contribution in [0.25, 0.3) is 11.0 Å². The molecule has 3 nitrogen and oxygen atoms in total. The lowest BCUT2D eigenvalue weighted by Gasteiger charge is -2.12. The van der Waals surface area contributed by atoms with Gasteiger partial charge in [0.05, 0.1) is 0 Å². The highest BCUT2D eigenvalue weighted by atomic mass is 16.5. The lowest BCUT2D eigenvalue weighted by atomic mass is 10.1. The second-order valence-corrected chi connectivity index (χ2v) is 5.28. The van der Waals surface area contributed by atoms with Crippen molar-refractivity contribution in [1.82, 2.24) is 0 Å². The predicted octanol–water partition coefficient (Wildman–Crippen LogP) is 4.16. The molecule has 0 spiro atoms. The van der Waals surface area contributed by atoms with E-state index in [2.05, 4.69) is 6.07 Å². The van der Waals surface area contributed by atoms with Crippen LogP contribution < -0.4 is 4.74 Å². The smallest absolute Gasteiger partial charge is 0.145 e. The highest BCUT2D eigenvalue weighted by molar-refractivity contribution is 5.77. The van der Waals surface area contributed by atoms with E-state index in [1.807, 2.05) is 56.3 Å². The summed E-state index contributed by atoms with van der Waals surface area (Å²) in [5.41, 5.74) is 3.03. The summed E-state index contributed by atoms with van der Waals surface area (Å²) < 4.78 is 11.3. The average Bonchev–Trinajstić information content (AvgIpc) is 2.90. The molecular weight excluding hydrogens is 264 g/mol. The van der Waals surface area contributed by atoms with Gasteiger partial charge in [0.15, 0.2) is 0 Å². The second kappa shape index (κ2) is 5.62. The van der Waals surface area contributed by atoms with Crippen LogP contribution in [0.2, 0.25) is 0 Å². The molecule has 0 saturated heterocycles. The molecule has 0 radical (unpaired) electrons. The second-order valence-electron chi connectivity index (χ2n) is 5.28. The topological polar surface area (TPSA) is 42.6 Å². The maximum absolute atomic E-state index is 10.2. The maximum Gasteiger partial charge on any atom is 0.145 e. The van der Waals surface area contributed by atoms with Crippen molar-refractivity contribution in [3.8, 4) is 5.75 Å². The highest BCUT2D eigenvalue weighted by Gasteiger charge is 2.14. The van der Waals surface area contributed by atoms with Crippen molar-refractivity contribution in [3.63, 3.8) is 0 Å². The molecule has 3 rings (SSSR count). The van der Waals surface area contributed by atoms with Crippen molar-refractivity contribution >= 4 is 11.0 Å². The number of aryl methyl sites for hydroxylation is 2. The van der Waals surface area contributed by atoms with E-state index >= 15 is 0 Å². The number of para-hydroxylation sites is 1. The Bertz CT molecular complexity index is 725. The quantitative estimate of drug-likeness (QED) is 0.781. The molecule has 0 fully saturated rings. The molecule has 1 heterocycles. The number of aliphatic hydroxyl groups excluding tert-OH is 1. The number of fused-ring (bicyclic) bond motifs is 1. The van der Waals surface area contributed by atoms with Gasteiger partial charge in [-0.05, 0) is 37.6 Å². The summed E-state index contributed by atoms with van der Waals surface area (Å²) in [7, 11) is 0. The minimum atomic E-state index is -0.780. The van der Waals surface area contributed by atoms with E-state index in [1.165, 1.54) is 5.56 Å². The fourth-order valence-corrected chi connectivity index (χ4v) is 2.38. The van der Waals surface area contributed by atoms with Crippen LogP contribution in [0.15, 0.2) is 52.9 Å². The van der Waals surface area contributed by atoms with Crippen LogP contribution in [0.4, 0.5) is 0 Å². The zero-order chi connectivity index (χ0) is 14.8. The monoisotopic (exact) mass is 282 g/mol. The number of rotatable bonds is 4. The van der Waals surface area contributed by atoms with Crippen LogP contribution in [0.5, 0.6) is 5.75 Å². The summed E-state index contributed by atoms with van der Waals surface area (Å²) in [5.74, 6) is 1.32. The Morgan fingerprint density at radius 1 is 1.10 bits per heavy atom. The standard InChI is InChI=1S/C18H18O3/c1-12-7-8-16(13(2)9-12)20-11-15(19)18-10-14-5-3-4-6-17(14)21-18/h3-10,15,19H,11H2,1-2H3. The van der Waals surface area contributed by atoms with Crippen LogP contribution in [0.3, 0.4) is 0 Å². The van der Waals surface area contributed by atoms with E-state index in [4.69, 9.17) is 9.15 Å². The van der Waals surface area contributed by atoms with Gasteiger partial charge in [-0.2, -0.15) is 0 Å². The lowest BCUT2D eigenvalue weighted by molar-refractivity contribution is 0.0900. The van der Waals surface area contributed by atoms with Crippen molar-refractivity contribution in [2.45, 2.75) is 20.0 Å². The molecule has 3 aromatic rings. The first kappa shape index (κ1) is 13.7. The van der Waals surface area contributed by atoms with Gasteiger partial charge in [0.1, 0.15) is 29.8 Å². The number of aliphatic hydroxyl groups is 1. The molecule has 0 bridgehead atoms. The Kier molecular flexibility index (Phi) is 3.67. The van der Waals surface area contributed by atoms with Crippen LogP contribution in [-0.2, 0) is 0 Å². The largest absolute Gasteiger partial charge is 0.490 e. The molecule has 108 valence electrons. The molecule has 0 amide bonds. The maximum atomic E-state index is 10.2. The Morgan fingerprint density at radius 2 is 1.90 bits per heavy atom. The van der Waals surface area contributed by atoms with Gasteiger partial charge in [0.2, 0.25) is 0 Å². The Labute approximate surface area is 123 Å². The van der Waals surface area contributed by atoms with Crippen molar-refractivity contribution in [2.75, 3.05) is 6.61 Å². The molecule has 0 aliphatic carbocycles. The summed E-state index contributed by atoms with van der Waals surface area (Å²) in [6.45, 7) is 4.21. The van der Waals surface area contributed by atoms with E-state index in [-0.39, 0.29) is 6.61 Å². The summed E-state index contributed by atoms with van der Waals surface area (Å²) in [6, 6.07) is 15.5. The highest BCUT2D eigenvalue weighted by Crippen LogP contribution is 2.25. The van der Waals surface area contributed by atoms with Gasteiger partial charge in [0, 0.05) is 5.39 Å². The van der Waals surface area contributed by atoms with Gasteiger partial charge in [0.25, 0.3) is 0 Å². The normalized spacial score (nSPS) is 12.5. The Balaban J connectivity index is 1.72. The van der Waals surface area contributed by atoms with E-state index in [0.717, 1.165) is 22.3 Å². The molecular formula is C18H18O3. The molecule has 1 aromatic heterocycles. The molecule has 1 N–H and O–H groups in total. The van der Waals surface area contributed by atoms with Gasteiger partial charge < -0.3 is 14.3 Å². The third-order valence-corrected chi connectivity index (χ3v) is 3.50. The predicted molar refractivity (Wildman–Crippen MR) is 82.6 cm³/mol. The molecule has 3 heteroatoms. The molecule has 1 atom stereocenters. The van der Waals surface area contributed by atoms with E-state index in [9.17, 15) is 5.11 Å². The van der Waals surface area contributed by atoms with E-state index < -0.39 is 6.10 Å². The fourth-order valence-electron chi connectivity index (χ4n) is 2.38. The first-order chi connectivity index (χ1) is 10.1. The molecule has 0 saturated carbocycles. The number of hydrogen-bond donors (Lipinski definition) is 1. The summed E-state index contributed by atoms with van der Waals surface area (Å²) in [4.78, 5) is 0. The number of benzene rings is 2. The molecule has 1 unspecified atom stereocenters. The zero-order valence-electron chi connectivity index (χ0n) is 12.2. The van der Waals surface area contributed by atoms with Crippen molar-refractivity contribution in [1.29, 1.82) is 0 Å². The van der Waals surface area contributed by atoms with Gasteiger partial charge in [-0.3, -0.25) is 0 Å². The summed E-state index contributed by atoms with van der Waals surface area (Å²) >= 11 is 0. The van der Waals surface area contributed by atoms with Crippen LogP contribution in [-0.4, -0.2) is 11.7 Å². The number of ether oxygens (including phenoxy) is 1. The molecule has 0 aliphatic rings. The van der Waals surface area contributed by atoms with Crippen molar-refractivity contribution < 1.29 is 14.3 Å². The van der Waals surface area contributed by atoms with Crippen LogP contribution >= 0.6 is 0 Å². The average molecular weight is 282 g/mol. The van der Waals surface area contributed by atoms with Crippen LogP contribution in [0.1, 0.15) is 23.0 Å². The summed E-state index contributed by atoms with van der Waals surface area (Å²) in [5, 5.41) is 11.2. The van der Waals surface area contributed by atoms with Crippen molar-refractivity contribution in [3.05, 3.63) is 65.4 Å².